The van der Waals surface area contributed by atoms with Gasteiger partial charge in [0, 0.05) is 32.5 Å². The first-order chi connectivity index (χ1) is 8.12. The van der Waals surface area contributed by atoms with Gasteiger partial charge in [-0.15, -0.1) is 0 Å². The second kappa shape index (κ2) is 4.84. The van der Waals surface area contributed by atoms with Gasteiger partial charge in [-0.3, -0.25) is 9.78 Å². The number of carbonyl (C=O) groups is 1. The monoisotopic (exact) mass is 233 g/mol. The second-order valence-electron chi connectivity index (χ2n) is 5.00. The Labute approximate surface area is 102 Å². The van der Waals surface area contributed by atoms with Crippen LogP contribution in [-0.2, 0) is 11.3 Å². The maximum absolute atomic E-state index is 12.3. The SMILES string of the molecule is CN(Cc1ccncc1)C(=O)C1(C)CCNC1. The van der Waals surface area contributed by atoms with Crippen LogP contribution >= 0.6 is 0 Å². The van der Waals surface area contributed by atoms with Crippen molar-refractivity contribution in [2.45, 2.75) is 19.9 Å². The smallest absolute Gasteiger partial charge is 0.229 e. The number of rotatable bonds is 3. The topological polar surface area (TPSA) is 45.2 Å². The molecular formula is C13H19N3O. The first-order valence-corrected chi connectivity index (χ1v) is 5.97. The summed E-state index contributed by atoms with van der Waals surface area (Å²) in [5, 5.41) is 3.25. The van der Waals surface area contributed by atoms with E-state index >= 15 is 0 Å². The molecule has 0 radical (unpaired) electrons. The summed E-state index contributed by atoms with van der Waals surface area (Å²) in [4.78, 5) is 18.1. The van der Waals surface area contributed by atoms with Crippen LogP contribution in [0.25, 0.3) is 0 Å². The summed E-state index contributed by atoms with van der Waals surface area (Å²) in [6.45, 7) is 4.41. The predicted octanol–water partition coefficient (Wildman–Crippen LogP) is 1.04. The van der Waals surface area contributed by atoms with E-state index in [4.69, 9.17) is 0 Å². The van der Waals surface area contributed by atoms with Crippen LogP contribution in [0, 0.1) is 5.41 Å². The molecule has 92 valence electrons. The zero-order valence-corrected chi connectivity index (χ0v) is 10.4. The number of hydrogen-bond donors (Lipinski definition) is 1. The Hall–Kier alpha value is -1.42. The predicted molar refractivity (Wildman–Crippen MR) is 66.3 cm³/mol. The van der Waals surface area contributed by atoms with Gasteiger partial charge in [-0.05, 0) is 37.6 Å². The highest BCUT2D eigenvalue weighted by Crippen LogP contribution is 2.27. The molecule has 1 aromatic heterocycles. The summed E-state index contributed by atoms with van der Waals surface area (Å²) in [7, 11) is 1.87. The van der Waals surface area contributed by atoms with Gasteiger partial charge in [0.1, 0.15) is 0 Å². The number of amides is 1. The minimum absolute atomic E-state index is 0.222. The molecule has 4 nitrogen and oxygen atoms in total. The molecule has 0 bridgehead atoms. The lowest BCUT2D eigenvalue weighted by atomic mass is 9.88. The number of aromatic nitrogens is 1. The number of hydrogen-bond acceptors (Lipinski definition) is 3. The summed E-state index contributed by atoms with van der Waals surface area (Å²) in [6.07, 6.45) is 4.44. The van der Waals surface area contributed by atoms with Crippen LogP contribution < -0.4 is 5.32 Å². The number of carbonyl (C=O) groups excluding carboxylic acids is 1. The molecule has 17 heavy (non-hydrogen) atoms. The molecule has 1 N–H and O–H groups in total. The third kappa shape index (κ3) is 2.64. The fraction of sp³-hybridized carbons (Fsp3) is 0.538. The fourth-order valence-electron chi connectivity index (χ4n) is 2.29. The van der Waals surface area contributed by atoms with E-state index < -0.39 is 0 Å². The van der Waals surface area contributed by atoms with Crippen LogP contribution in [0.3, 0.4) is 0 Å². The van der Waals surface area contributed by atoms with E-state index in [-0.39, 0.29) is 11.3 Å². The molecule has 0 saturated carbocycles. The minimum atomic E-state index is -0.234. The van der Waals surface area contributed by atoms with Crippen LogP contribution in [0.15, 0.2) is 24.5 Å². The average Bonchev–Trinajstić information content (AvgIpc) is 2.78. The first kappa shape index (κ1) is 12.0. The van der Waals surface area contributed by atoms with Crippen molar-refractivity contribution in [3.63, 3.8) is 0 Å². The van der Waals surface area contributed by atoms with E-state index in [0.29, 0.717) is 6.54 Å². The van der Waals surface area contributed by atoms with Crippen LogP contribution in [0.1, 0.15) is 18.9 Å². The van der Waals surface area contributed by atoms with Gasteiger partial charge in [0.2, 0.25) is 5.91 Å². The molecule has 2 rings (SSSR count). The van der Waals surface area contributed by atoms with E-state index in [1.807, 2.05) is 31.0 Å². The first-order valence-electron chi connectivity index (χ1n) is 5.97. The Bertz CT molecular complexity index is 385. The van der Waals surface area contributed by atoms with Crippen LogP contribution in [-0.4, -0.2) is 35.9 Å². The van der Waals surface area contributed by atoms with Crippen LogP contribution in [0.5, 0.6) is 0 Å². The molecule has 1 aliphatic rings. The molecule has 2 heterocycles. The van der Waals surface area contributed by atoms with Crippen molar-refractivity contribution in [1.29, 1.82) is 0 Å². The minimum Gasteiger partial charge on any atom is -0.341 e. The molecule has 0 spiro atoms. The van der Waals surface area contributed by atoms with Crippen molar-refractivity contribution in [2.75, 3.05) is 20.1 Å². The Morgan fingerprint density at radius 1 is 1.53 bits per heavy atom. The van der Waals surface area contributed by atoms with Gasteiger partial charge < -0.3 is 10.2 Å². The van der Waals surface area contributed by atoms with Gasteiger partial charge in [0.15, 0.2) is 0 Å². The maximum atomic E-state index is 12.3. The largest absolute Gasteiger partial charge is 0.341 e. The van der Waals surface area contributed by atoms with Crippen molar-refractivity contribution in [3.05, 3.63) is 30.1 Å². The standard InChI is InChI=1S/C13H19N3O/c1-13(5-8-15-10-13)12(17)16(2)9-11-3-6-14-7-4-11/h3-4,6-7,15H,5,8-10H2,1-2H3. The van der Waals surface area contributed by atoms with Gasteiger partial charge in [-0.1, -0.05) is 0 Å². The summed E-state index contributed by atoms with van der Waals surface area (Å²) in [5.74, 6) is 0.222. The fourth-order valence-corrected chi connectivity index (χ4v) is 2.29. The second-order valence-corrected chi connectivity index (χ2v) is 5.00. The maximum Gasteiger partial charge on any atom is 0.229 e. The summed E-state index contributed by atoms with van der Waals surface area (Å²) < 4.78 is 0. The Morgan fingerprint density at radius 3 is 2.82 bits per heavy atom. The van der Waals surface area contributed by atoms with E-state index in [1.165, 1.54) is 0 Å². The highest BCUT2D eigenvalue weighted by Gasteiger charge is 2.38. The molecular weight excluding hydrogens is 214 g/mol. The van der Waals surface area contributed by atoms with Gasteiger partial charge >= 0.3 is 0 Å². The normalized spacial score (nSPS) is 23.6. The van der Waals surface area contributed by atoms with Gasteiger partial charge in [-0.2, -0.15) is 0 Å². The van der Waals surface area contributed by atoms with E-state index in [1.54, 1.807) is 12.4 Å². The highest BCUT2D eigenvalue weighted by molar-refractivity contribution is 5.82. The average molecular weight is 233 g/mol. The van der Waals surface area contributed by atoms with Crippen molar-refractivity contribution in [1.82, 2.24) is 15.2 Å². The Kier molecular flexibility index (Phi) is 3.43. The quantitative estimate of drug-likeness (QED) is 0.848. The molecule has 1 aliphatic heterocycles. The summed E-state index contributed by atoms with van der Waals surface area (Å²) >= 11 is 0. The molecule has 1 fully saturated rings. The molecule has 1 saturated heterocycles. The third-order valence-corrected chi connectivity index (χ3v) is 3.40. The van der Waals surface area contributed by atoms with Crippen LogP contribution in [0.4, 0.5) is 0 Å². The molecule has 1 aromatic rings. The van der Waals surface area contributed by atoms with E-state index in [2.05, 4.69) is 10.3 Å². The van der Waals surface area contributed by atoms with Crippen LogP contribution in [0.2, 0.25) is 0 Å². The van der Waals surface area contributed by atoms with Crippen molar-refractivity contribution in [2.24, 2.45) is 5.41 Å². The van der Waals surface area contributed by atoms with Crippen molar-refractivity contribution >= 4 is 5.91 Å². The lowest BCUT2D eigenvalue weighted by Crippen LogP contribution is -2.41. The highest BCUT2D eigenvalue weighted by atomic mass is 16.2. The third-order valence-electron chi connectivity index (χ3n) is 3.40. The molecule has 1 unspecified atom stereocenters. The summed E-state index contributed by atoms with van der Waals surface area (Å²) in [5.41, 5.74) is 0.882. The van der Waals surface area contributed by atoms with E-state index in [9.17, 15) is 4.79 Å². The molecule has 0 aromatic carbocycles. The van der Waals surface area contributed by atoms with Gasteiger partial charge in [0.25, 0.3) is 0 Å². The Morgan fingerprint density at radius 2 is 2.24 bits per heavy atom. The zero-order chi connectivity index (χ0) is 12.3. The number of nitrogens with zero attached hydrogens (tertiary/aromatic N) is 2. The lowest BCUT2D eigenvalue weighted by Gasteiger charge is -2.28. The zero-order valence-electron chi connectivity index (χ0n) is 10.4. The molecule has 1 amide bonds. The molecule has 1 atom stereocenters. The van der Waals surface area contributed by atoms with Gasteiger partial charge in [-0.25, -0.2) is 0 Å². The number of nitrogens with one attached hydrogen (secondary N) is 1. The van der Waals surface area contributed by atoms with Crippen molar-refractivity contribution < 1.29 is 4.79 Å². The lowest BCUT2D eigenvalue weighted by molar-refractivity contribution is -0.139. The molecule has 4 heteroatoms. The van der Waals surface area contributed by atoms with Gasteiger partial charge in [0.05, 0.1) is 5.41 Å². The summed E-state index contributed by atoms with van der Waals surface area (Å²) in [6, 6.07) is 3.89. The van der Waals surface area contributed by atoms with Crippen molar-refractivity contribution in [3.8, 4) is 0 Å². The Balaban J connectivity index is 2.00. The molecule has 0 aliphatic carbocycles. The van der Waals surface area contributed by atoms with E-state index in [0.717, 1.165) is 25.1 Å². The number of pyridine rings is 1.